The third-order valence-corrected chi connectivity index (χ3v) is 1.86. The first-order valence-corrected chi connectivity index (χ1v) is 5.36. The van der Waals surface area contributed by atoms with E-state index in [1.165, 1.54) is 0 Å². The quantitative estimate of drug-likeness (QED) is 0.609. The number of ether oxygens (including phenoxy) is 2. The van der Waals surface area contributed by atoms with E-state index in [4.69, 9.17) is 9.47 Å². The molecule has 0 amide bonds. The Labute approximate surface area is 88.2 Å². The monoisotopic (exact) mass is 203 g/mol. The molecule has 0 saturated heterocycles. The van der Waals surface area contributed by atoms with Crippen molar-refractivity contribution in [2.24, 2.45) is 5.41 Å². The van der Waals surface area contributed by atoms with Crippen LogP contribution < -0.4 is 5.32 Å². The van der Waals surface area contributed by atoms with Crippen molar-refractivity contribution in [3.05, 3.63) is 0 Å². The van der Waals surface area contributed by atoms with Gasteiger partial charge in [-0.3, -0.25) is 0 Å². The van der Waals surface area contributed by atoms with Gasteiger partial charge >= 0.3 is 0 Å². The molecule has 0 aromatic rings. The van der Waals surface area contributed by atoms with Gasteiger partial charge < -0.3 is 14.8 Å². The molecule has 1 N–H and O–H groups in total. The van der Waals surface area contributed by atoms with E-state index in [0.29, 0.717) is 18.6 Å². The second-order valence-corrected chi connectivity index (χ2v) is 4.64. The molecule has 86 valence electrons. The summed E-state index contributed by atoms with van der Waals surface area (Å²) in [6.45, 7) is 10.6. The molecule has 3 heteroatoms. The van der Waals surface area contributed by atoms with Crippen molar-refractivity contribution in [2.45, 2.75) is 27.2 Å². The third-order valence-electron chi connectivity index (χ3n) is 1.86. The van der Waals surface area contributed by atoms with Gasteiger partial charge in [0, 0.05) is 13.2 Å². The number of hydrogen-bond acceptors (Lipinski definition) is 3. The molecule has 0 fully saturated rings. The van der Waals surface area contributed by atoms with Crippen LogP contribution in [0.1, 0.15) is 27.2 Å². The summed E-state index contributed by atoms with van der Waals surface area (Å²) >= 11 is 0. The van der Waals surface area contributed by atoms with Crippen molar-refractivity contribution in [2.75, 3.05) is 40.0 Å². The summed E-state index contributed by atoms with van der Waals surface area (Å²) in [6, 6.07) is 0. The van der Waals surface area contributed by atoms with Crippen molar-refractivity contribution >= 4 is 0 Å². The minimum atomic E-state index is 0.368. The van der Waals surface area contributed by atoms with Gasteiger partial charge in [-0.2, -0.15) is 0 Å². The van der Waals surface area contributed by atoms with Gasteiger partial charge in [-0.15, -0.1) is 0 Å². The summed E-state index contributed by atoms with van der Waals surface area (Å²) in [6.07, 6.45) is 1.10. The van der Waals surface area contributed by atoms with E-state index in [9.17, 15) is 0 Å². The Bertz CT molecular complexity index is 121. The van der Waals surface area contributed by atoms with Gasteiger partial charge in [0.15, 0.2) is 0 Å². The molecule has 0 unspecified atom stereocenters. The van der Waals surface area contributed by atoms with Gasteiger partial charge in [-0.1, -0.05) is 20.8 Å². The van der Waals surface area contributed by atoms with Gasteiger partial charge in [0.25, 0.3) is 0 Å². The van der Waals surface area contributed by atoms with E-state index in [2.05, 4.69) is 26.1 Å². The highest BCUT2D eigenvalue weighted by Gasteiger charge is 2.08. The lowest BCUT2D eigenvalue weighted by Gasteiger charge is -2.17. The SMILES string of the molecule is CNCCOCCOCCC(C)(C)C. The lowest BCUT2D eigenvalue weighted by Crippen LogP contribution is -2.17. The zero-order chi connectivity index (χ0) is 10.9. The Morgan fingerprint density at radius 2 is 1.50 bits per heavy atom. The fraction of sp³-hybridized carbons (Fsp3) is 1.00. The number of rotatable bonds is 8. The highest BCUT2D eigenvalue weighted by Crippen LogP contribution is 2.17. The lowest BCUT2D eigenvalue weighted by molar-refractivity contribution is 0.0401. The van der Waals surface area contributed by atoms with Gasteiger partial charge in [0.05, 0.1) is 19.8 Å². The van der Waals surface area contributed by atoms with Crippen LogP contribution in [0.3, 0.4) is 0 Å². The molecule has 0 rings (SSSR count). The van der Waals surface area contributed by atoms with Crippen LogP contribution in [0.5, 0.6) is 0 Å². The summed E-state index contributed by atoms with van der Waals surface area (Å²) in [5.74, 6) is 0. The van der Waals surface area contributed by atoms with Crippen molar-refractivity contribution < 1.29 is 9.47 Å². The third kappa shape index (κ3) is 11.9. The Morgan fingerprint density at radius 1 is 0.929 bits per heavy atom. The van der Waals surface area contributed by atoms with E-state index in [-0.39, 0.29) is 0 Å². The van der Waals surface area contributed by atoms with Gasteiger partial charge in [-0.25, -0.2) is 0 Å². The molecule has 0 saturated carbocycles. The lowest BCUT2D eigenvalue weighted by atomic mass is 9.93. The minimum absolute atomic E-state index is 0.368. The molecule has 0 aliphatic heterocycles. The van der Waals surface area contributed by atoms with Crippen LogP contribution in [0.4, 0.5) is 0 Å². The van der Waals surface area contributed by atoms with Crippen molar-refractivity contribution in [1.82, 2.24) is 5.32 Å². The average molecular weight is 203 g/mol. The van der Waals surface area contributed by atoms with Crippen LogP contribution in [0.15, 0.2) is 0 Å². The van der Waals surface area contributed by atoms with Gasteiger partial charge in [0.1, 0.15) is 0 Å². The van der Waals surface area contributed by atoms with Gasteiger partial charge in [0.2, 0.25) is 0 Å². The summed E-state index contributed by atoms with van der Waals surface area (Å²) in [5.41, 5.74) is 0.368. The molecule has 0 bridgehead atoms. The number of nitrogens with one attached hydrogen (secondary N) is 1. The Kier molecular flexibility index (Phi) is 8.14. The zero-order valence-electron chi connectivity index (χ0n) is 10.1. The molecule has 3 nitrogen and oxygen atoms in total. The summed E-state index contributed by atoms with van der Waals surface area (Å²) in [7, 11) is 1.92. The van der Waals surface area contributed by atoms with E-state index in [1.807, 2.05) is 7.05 Å². The highest BCUT2D eigenvalue weighted by atomic mass is 16.5. The van der Waals surface area contributed by atoms with E-state index in [0.717, 1.165) is 26.2 Å². The molecule has 0 aromatic carbocycles. The Hall–Kier alpha value is -0.120. The van der Waals surface area contributed by atoms with Crippen LogP contribution in [0, 0.1) is 5.41 Å². The summed E-state index contributed by atoms with van der Waals surface area (Å²) in [4.78, 5) is 0. The molecule has 0 radical (unpaired) electrons. The van der Waals surface area contributed by atoms with Crippen molar-refractivity contribution in [1.29, 1.82) is 0 Å². The first kappa shape index (κ1) is 13.9. The largest absolute Gasteiger partial charge is 0.379 e. The summed E-state index contributed by atoms with van der Waals surface area (Å²) < 4.78 is 10.8. The van der Waals surface area contributed by atoms with Crippen LogP contribution >= 0.6 is 0 Å². The smallest absolute Gasteiger partial charge is 0.0701 e. The first-order valence-electron chi connectivity index (χ1n) is 5.36. The maximum absolute atomic E-state index is 5.44. The molecule has 14 heavy (non-hydrogen) atoms. The second-order valence-electron chi connectivity index (χ2n) is 4.64. The van der Waals surface area contributed by atoms with E-state index >= 15 is 0 Å². The van der Waals surface area contributed by atoms with Gasteiger partial charge in [-0.05, 0) is 18.9 Å². The minimum Gasteiger partial charge on any atom is -0.379 e. The van der Waals surface area contributed by atoms with Crippen LogP contribution in [0.25, 0.3) is 0 Å². The second kappa shape index (κ2) is 8.21. The average Bonchev–Trinajstić information content (AvgIpc) is 2.08. The molecular formula is C11H25NO2. The molecule has 0 aliphatic rings. The predicted octanol–water partition coefficient (Wildman–Crippen LogP) is 1.68. The summed E-state index contributed by atoms with van der Waals surface area (Å²) in [5, 5.41) is 3.02. The highest BCUT2D eigenvalue weighted by molar-refractivity contribution is 4.59. The molecule has 0 atom stereocenters. The van der Waals surface area contributed by atoms with Crippen LogP contribution in [0.2, 0.25) is 0 Å². The van der Waals surface area contributed by atoms with Crippen molar-refractivity contribution in [3.63, 3.8) is 0 Å². The standard InChI is InChI=1S/C11H25NO2/c1-11(2,3)5-7-13-9-10-14-8-6-12-4/h12H,5-10H2,1-4H3. The maximum Gasteiger partial charge on any atom is 0.0701 e. The normalized spacial score (nSPS) is 12.0. The Morgan fingerprint density at radius 3 is 2.00 bits per heavy atom. The van der Waals surface area contributed by atoms with E-state index in [1.54, 1.807) is 0 Å². The molecule has 0 heterocycles. The topological polar surface area (TPSA) is 30.5 Å². The first-order chi connectivity index (χ1) is 6.56. The van der Waals surface area contributed by atoms with Crippen LogP contribution in [-0.4, -0.2) is 40.0 Å². The predicted molar refractivity (Wildman–Crippen MR) is 59.6 cm³/mol. The maximum atomic E-state index is 5.44. The fourth-order valence-corrected chi connectivity index (χ4v) is 0.875. The molecule has 0 spiro atoms. The van der Waals surface area contributed by atoms with E-state index < -0.39 is 0 Å². The number of likely N-dealkylation sites (N-methyl/N-ethyl adjacent to an activating group) is 1. The van der Waals surface area contributed by atoms with Crippen LogP contribution in [-0.2, 0) is 9.47 Å². The van der Waals surface area contributed by atoms with Crippen molar-refractivity contribution in [3.8, 4) is 0 Å². The number of hydrogen-bond donors (Lipinski definition) is 1. The molecule has 0 aliphatic carbocycles. The fourth-order valence-electron chi connectivity index (χ4n) is 0.875. The molecular weight excluding hydrogens is 178 g/mol. The molecule has 0 aromatic heterocycles. The zero-order valence-corrected chi connectivity index (χ0v) is 10.1. The Balaban J connectivity index is 2.99.